The molecular formula is C32H57NO2. The standard InChI is InChI=1S/C32H57NO2/c1-4-6-8-10-12-13-14-15-17-19-21-23-30(28(3)33-35)27-31-26-29(24-25-32(31)34)22-20-18-16-11-9-7-5-2/h24-26,30,34-35H,4-23,27H2,1-3H3. The summed E-state index contributed by atoms with van der Waals surface area (Å²) in [5.41, 5.74) is 3.11. The van der Waals surface area contributed by atoms with Gasteiger partial charge in [0.1, 0.15) is 5.75 Å². The number of oxime groups is 1. The lowest BCUT2D eigenvalue weighted by molar-refractivity contribution is 0.313. The second kappa shape index (κ2) is 21.7. The van der Waals surface area contributed by atoms with Crippen molar-refractivity contribution < 1.29 is 10.3 Å². The molecule has 0 amide bonds. The van der Waals surface area contributed by atoms with Crippen molar-refractivity contribution in [1.82, 2.24) is 0 Å². The minimum atomic E-state index is 0.193. The molecule has 0 spiro atoms. The van der Waals surface area contributed by atoms with Crippen LogP contribution in [0.4, 0.5) is 0 Å². The predicted molar refractivity (Wildman–Crippen MR) is 153 cm³/mol. The van der Waals surface area contributed by atoms with E-state index in [9.17, 15) is 10.3 Å². The maximum absolute atomic E-state index is 10.5. The predicted octanol–water partition coefficient (Wildman–Crippen LogP) is 10.4. The molecule has 1 rings (SSSR count). The van der Waals surface area contributed by atoms with Crippen molar-refractivity contribution in [3.05, 3.63) is 29.3 Å². The third kappa shape index (κ3) is 16.0. The molecule has 3 heteroatoms. The first-order valence-corrected chi connectivity index (χ1v) is 15.1. The van der Waals surface area contributed by atoms with Crippen LogP contribution < -0.4 is 0 Å². The van der Waals surface area contributed by atoms with Gasteiger partial charge in [-0.25, -0.2) is 0 Å². The van der Waals surface area contributed by atoms with E-state index in [1.165, 1.54) is 115 Å². The molecule has 0 aromatic heterocycles. The summed E-state index contributed by atoms with van der Waals surface area (Å²) in [5.74, 6) is 0.571. The van der Waals surface area contributed by atoms with Gasteiger partial charge in [0.25, 0.3) is 0 Å². The molecule has 0 radical (unpaired) electrons. The van der Waals surface area contributed by atoms with Gasteiger partial charge < -0.3 is 10.3 Å². The summed E-state index contributed by atoms with van der Waals surface area (Å²) >= 11 is 0. The normalized spacial score (nSPS) is 12.8. The maximum Gasteiger partial charge on any atom is 0.118 e. The van der Waals surface area contributed by atoms with Crippen molar-refractivity contribution in [2.45, 2.75) is 156 Å². The molecular weight excluding hydrogens is 430 g/mol. The summed E-state index contributed by atoms with van der Waals surface area (Å²) in [6, 6.07) is 6.11. The number of hydrogen-bond donors (Lipinski definition) is 2. The van der Waals surface area contributed by atoms with E-state index >= 15 is 0 Å². The van der Waals surface area contributed by atoms with Crippen molar-refractivity contribution in [3.63, 3.8) is 0 Å². The maximum atomic E-state index is 10.5. The van der Waals surface area contributed by atoms with Crippen molar-refractivity contribution >= 4 is 5.71 Å². The minimum Gasteiger partial charge on any atom is -0.508 e. The number of benzene rings is 1. The van der Waals surface area contributed by atoms with Gasteiger partial charge in [-0.05, 0) is 49.8 Å². The van der Waals surface area contributed by atoms with Crippen molar-refractivity contribution in [2.75, 3.05) is 0 Å². The van der Waals surface area contributed by atoms with Gasteiger partial charge in [0.05, 0.1) is 5.71 Å². The van der Waals surface area contributed by atoms with E-state index in [0.29, 0.717) is 5.75 Å². The second-order valence-corrected chi connectivity index (χ2v) is 10.8. The van der Waals surface area contributed by atoms with Crippen LogP contribution in [-0.4, -0.2) is 16.0 Å². The molecule has 0 saturated heterocycles. The molecule has 0 aliphatic heterocycles. The average Bonchev–Trinajstić information content (AvgIpc) is 2.87. The van der Waals surface area contributed by atoms with E-state index in [1.807, 2.05) is 13.0 Å². The van der Waals surface area contributed by atoms with Crippen LogP contribution in [0.25, 0.3) is 0 Å². The number of phenols is 1. The molecule has 0 bridgehead atoms. The number of unbranched alkanes of at least 4 members (excludes halogenated alkanes) is 16. The van der Waals surface area contributed by atoms with Gasteiger partial charge in [-0.15, -0.1) is 0 Å². The van der Waals surface area contributed by atoms with E-state index in [1.54, 1.807) is 0 Å². The van der Waals surface area contributed by atoms with Crippen LogP contribution in [0.2, 0.25) is 0 Å². The van der Waals surface area contributed by atoms with Crippen LogP contribution in [0, 0.1) is 5.92 Å². The zero-order valence-electron chi connectivity index (χ0n) is 23.5. The molecule has 2 N–H and O–H groups in total. The van der Waals surface area contributed by atoms with E-state index in [2.05, 4.69) is 31.1 Å². The van der Waals surface area contributed by atoms with E-state index in [-0.39, 0.29) is 5.92 Å². The van der Waals surface area contributed by atoms with E-state index in [4.69, 9.17) is 0 Å². The number of aryl methyl sites for hydroxylation is 1. The fourth-order valence-electron chi connectivity index (χ4n) is 5.10. The monoisotopic (exact) mass is 487 g/mol. The largest absolute Gasteiger partial charge is 0.508 e. The Labute approximate surface area is 217 Å². The Hall–Kier alpha value is -1.51. The Morgan fingerprint density at radius 2 is 1.20 bits per heavy atom. The van der Waals surface area contributed by atoms with E-state index < -0.39 is 0 Å². The number of nitrogens with zero attached hydrogens (tertiary/aromatic N) is 1. The molecule has 0 saturated carbocycles. The van der Waals surface area contributed by atoms with Gasteiger partial charge in [-0.2, -0.15) is 0 Å². The number of phenolic OH excluding ortho intramolecular Hbond substituents is 1. The van der Waals surface area contributed by atoms with Crippen LogP contribution in [0.1, 0.15) is 154 Å². The fourth-order valence-corrected chi connectivity index (χ4v) is 5.10. The number of aromatic hydroxyl groups is 1. The first-order valence-electron chi connectivity index (χ1n) is 15.1. The van der Waals surface area contributed by atoms with Crippen molar-refractivity contribution in [2.24, 2.45) is 11.1 Å². The Balaban J connectivity index is 2.37. The van der Waals surface area contributed by atoms with Crippen LogP contribution in [0.5, 0.6) is 5.75 Å². The highest BCUT2D eigenvalue weighted by atomic mass is 16.4. The highest BCUT2D eigenvalue weighted by Crippen LogP contribution is 2.26. The zero-order valence-corrected chi connectivity index (χ0v) is 23.5. The molecule has 202 valence electrons. The van der Waals surface area contributed by atoms with Gasteiger partial charge in [0.2, 0.25) is 0 Å². The summed E-state index contributed by atoms with van der Waals surface area (Å²) < 4.78 is 0. The summed E-state index contributed by atoms with van der Waals surface area (Å²) in [4.78, 5) is 0. The molecule has 1 unspecified atom stereocenters. The zero-order chi connectivity index (χ0) is 25.6. The van der Waals surface area contributed by atoms with Gasteiger partial charge in [-0.1, -0.05) is 140 Å². The molecule has 1 aromatic carbocycles. The van der Waals surface area contributed by atoms with Crippen molar-refractivity contribution in [3.8, 4) is 5.75 Å². The second-order valence-electron chi connectivity index (χ2n) is 10.8. The van der Waals surface area contributed by atoms with Crippen LogP contribution >= 0.6 is 0 Å². The SMILES string of the molecule is CCCCCCCCCCCCCC(Cc1cc(CCCCCCCCC)ccc1O)C(C)=NO. The summed E-state index contributed by atoms with van der Waals surface area (Å²) in [6.07, 6.45) is 26.8. The first kappa shape index (κ1) is 31.5. The molecule has 0 fully saturated rings. The first-order chi connectivity index (χ1) is 17.1. The third-order valence-electron chi connectivity index (χ3n) is 7.58. The van der Waals surface area contributed by atoms with Crippen LogP contribution in [0.15, 0.2) is 23.4 Å². The highest BCUT2D eigenvalue weighted by molar-refractivity contribution is 5.84. The Bertz CT molecular complexity index is 655. The summed E-state index contributed by atoms with van der Waals surface area (Å²) in [6.45, 7) is 6.46. The van der Waals surface area contributed by atoms with Crippen LogP contribution in [0.3, 0.4) is 0 Å². The Kier molecular flexibility index (Phi) is 19.6. The Morgan fingerprint density at radius 1 is 0.714 bits per heavy atom. The molecule has 1 aromatic rings. The molecule has 0 aliphatic rings. The quantitative estimate of drug-likeness (QED) is 0.0698. The lowest BCUT2D eigenvalue weighted by atomic mass is 9.88. The Morgan fingerprint density at radius 3 is 1.71 bits per heavy atom. The van der Waals surface area contributed by atoms with Gasteiger partial charge in [0, 0.05) is 5.92 Å². The smallest absolute Gasteiger partial charge is 0.118 e. The summed E-state index contributed by atoms with van der Waals surface area (Å²) in [5, 5.41) is 23.5. The van der Waals surface area contributed by atoms with Gasteiger partial charge in [-0.3, -0.25) is 0 Å². The number of rotatable bonds is 23. The lowest BCUT2D eigenvalue weighted by Crippen LogP contribution is -2.15. The average molecular weight is 488 g/mol. The van der Waals surface area contributed by atoms with Gasteiger partial charge in [0.15, 0.2) is 0 Å². The highest BCUT2D eigenvalue weighted by Gasteiger charge is 2.16. The van der Waals surface area contributed by atoms with Gasteiger partial charge >= 0.3 is 0 Å². The fraction of sp³-hybridized carbons (Fsp3) is 0.781. The molecule has 35 heavy (non-hydrogen) atoms. The molecule has 0 aliphatic carbocycles. The van der Waals surface area contributed by atoms with E-state index in [0.717, 1.165) is 37.0 Å². The third-order valence-corrected chi connectivity index (χ3v) is 7.58. The van der Waals surface area contributed by atoms with Crippen LogP contribution in [-0.2, 0) is 12.8 Å². The summed E-state index contributed by atoms with van der Waals surface area (Å²) in [7, 11) is 0. The lowest BCUT2D eigenvalue weighted by Gasteiger charge is -2.17. The topological polar surface area (TPSA) is 52.8 Å². The molecule has 3 nitrogen and oxygen atoms in total. The molecule has 0 heterocycles. The number of hydrogen-bond acceptors (Lipinski definition) is 3. The van der Waals surface area contributed by atoms with Crippen molar-refractivity contribution in [1.29, 1.82) is 0 Å². The molecule has 1 atom stereocenters. The minimum absolute atomic E-state index is 0.193.